The van der Waals surface area contributed by atoms with E-state index in [2.05, 4.69) is 66.2 Å². The molecule has 2 saturated carbocycles. The van der Waals surface area contributed by atoms with Crippen LogP contribution in [0.3, 0.4) is 0 Å². The number of amides is 2. The number of halogens is 1. The first-order chi connectivity index (χ1) is 21.0. The maximum atomic E-state index is 14.1. The van der Waals surface area contributed by atoms with Crippen molar-refractivity contribution in [1.29, 1.82) is 5.26 Å². The number of benzene rings is 2. The van der Waals surface area contributed by atoms with Crippen molar-refractivity contribution in [3.05, 3.63) is 64.7 Å². The van der Waals surface area contributed by atoms with E-state index < -0.39 is 23.3 Å². The minimum absolute atomic E-state index is 0.00180. The number of nitrogens with zero attached hydrogens (tertiary/aromatic N) is 4. The molecule has 44 heavy (non-hydrogen) atoms. The van der Waals surface area contributed by atoms with Crippen molar-refractivity contribution in [2.45, 2.75) is 86.6 Å². The van der Waals surface area contributed by atoms with E-state index in [0.29, 0.717) is 30.8 Å². The van der Waals surface area contributed by atoms with Crippen LogP contribution >= 0.6 is 23.4 Å². The van der Waals surface area contributed by atoms with Gasteiger partial charge in [0.15, 0.2) is 6.23 Å². The summed E-state index contributed by atoms with van der Waals surface area (Å²) in [6.07, 6.45) is 2.01. The van der Waals surface area contributed by atoms with Crippen molar-refractivity contribution in [3.8, 4) is 6.07 Å². The fraction of sp³-hybridized carbons (Fsp3) is 0.559. The van der Waals surface area contributed by atoms with Gasteiger partial charge in [-0.1, -0.05) is 35.9 Å². The summed E-state index contributed by atoms with van der Waals surface area (Å²) in [5.74, 6) is 0.807. The molecule has 6 rings (SSSR count). The summed E-state index contributed by atoms with van der Waals surface area (Å²) in [6, 6.07) is 18.5. The highest BCUT2D eigenvalue weighted by molar-refractivity contribution is 7.99. The zero-order chi connectivity index (χ0) is 31.1. The third-order valence-electron chi connectivity index (χ3n) is 9.59. The molecule has 2 aromatic rings. The Morgan fingerprint density at radius 1 is 1.02 bits per heavy atom. The van der Waals surface area contributed by atoms with E-state index in [9.17, 15) is 14.9 Å². The van der Waals surface area contributed by atoms with E-state index in [1.165, 1.54) is 11.3 Å². The molecule has 0 radical (unpaired) electrons. The third kappa shape index (κ3) is 6.68. The van der Waals surface area contributed by atoms with Crippen LogP contribution < -0.4 is 10.2 Å². The lowest BCUT2D eigenvalue weighted by Gasteiger charge is -2.43. The van der Waals surface area contributed by atoms with Crippen LogP contribution in [0.1, 0.15) is 64.0 Å². The number of alkyl carbamates (subject to hydrolysis) is 1. The number of anilines is 1. The average molecular weight is 636 g/mol. The molecule has 4 aliphatic rings. The van der Waals surface area contributed by atoms with Gasteiger partial charge in [0.25, 0.3) is 0 Å². The molecule has 8 nitrogen and oxygen atoms in total. The lowest BCUT2D eigenvalue weighted by Crippen LogP contribution is -2.53. The largest absolute Gasteiger partial charge is 0.425 e. The molecule has 2 heterocycles. The number of hydrogen-bond acceptors (Lipinski definition) is 7. The Kier molecular flexibility index (Phi) is 8.55. The Morgan fingerprint density at radius 3 is 2.25 bits per heavy atom. The van der Waals surface area contributed by atoms with E-state index in [-0.39, 0.29) is 16.7 Å². The van der Waals surface area contributed by atoms with Gasteiger partial charge in [0, 0.05) is 66.4 Å². The summed E-state index contributed by atoms with van der Waals surface area (Å²) >= 11 is 7.92. The lowest BCUT2D eigenvalue weighted by molar-refractivity contribution is -0.140. The van der Waals surface area contributed by atoms with Crippen LogP contribution in [-0.2, 0) is 20.7 Å². The average Bonchev–Trinajstić information content (AvgIpc) is 3.94. The van der Waals surface area contributed by atoms with Crippen molar-refractivity contribution >= 4 is 41.1 Å². The summed E-state index contributed by atoms with van der Waals surface area (Å²) in [4.78, 5) is 33.6. The molecule has 2 amide bonds. The summed E-state index contributed by atoms with van der Waals surface area (Å²) < 4.78 is 5.85. The first-order valence-electron chi connectivity index (χ1n) is 15.7. The van der Waals surface area contributed by atoms with Crippen molar-refractivity contribution in [3.63, 3.8) is 0 Å². The van der Waals surface area contributed by atoms with E-state index in [4.69, 9.17) is 16.3 Å². The van der Waals surface area contributed by atoms with Crippen LogP contribution in [0.2, 0.25) is 5.02 Å². The van der Waals surface area contributed by atoms with Gasteiger partial charge in [-0.15, -0.1) is 0 Å². The molecule has 0 unspecified atom stereocenters. The van der Waals surface area contributed by atoms with E-state index in [1.807, 2.05) is 24.3 Å². The fourth-order valence-electron chi connectivity index (χ4n) is 6.40. The molecule has 2 atom stereocenters. The highest BCUT2D eigenvalue weighted by atomic mass is 35.5. The molecular weight excluding hydrogens is 594 g/mol. The van der Waals surface area contributed by atoms with Gasteiger partial charge < -0.3 is 19.9 Å². The topological polar surface area (TPSA) is 88.9 Å². The quantitative estimate of drug-likeness (QED) is 0.384. The molecule has 2 aromatic carbocycles. The third-order valence-corrected chi connectivity index (χ3v) is 11.2. The highest BCUT2D eigenvalue weighted by Crippen LogP contribution is 2.51. The second-order valence-electron chi connectivity index (χ2n) is 13.7. The number of carbonyl (C=O) groups is 2. The normalized spacial score (nSPS) is 24.0. The van der Waals surface area contributed by atoms with Gasteiger partial charge in [-0.2, -0.15) is 17.0 Å². The second kappa shape index (κ2) is 12.1. The van der Waals surface area contributed by atoms with Crippen LogP contribution in [0.25, 0.3) is 0 Å². The minimum Gasteiger partial charge on any atom is -0.425 e. The molecule has 0 spiro atoms. The number of rotatable bonds is 8. The van der Waals surface area contributed by atoms with E-state index in [0.717, 1.165) is 50.3 Å². The van der Waals surface area contributed by atoms with Crippen molar-refractivity contribution in [2.24, 2.45) is 0 Å². The van der Waals surface area contributed by atoms with Gasteiger partial charge >= 0.3 is 6.09 Å². The number of likely N-dealkylation sites (tertiary alicyclic amines) is 1. The summed E-state index contributed by atoms with van der Waals surface area (Å²) in [5.41, 5.74) is 2.22. The number of nitriles is 1. The number of nitrogens with one attached hydrogen (secondary N) is 1. The molecule has 2 saturated heterocycles. The molecule has 234 valence electrons. The van der Waals surface area contributed by atoms with Gasteiger partial charge in [0.2, 0.25) is 5.91 Å². The Balaban J connectivity index is 1.09. The number of thioether (sulfide) groups is 1. The van der Waals surface area contributed by atoms with Gasteiger partial charge in [-0.3, -0.25) is 9.69 Å². The smallest absolute Gasteiger partial charge is 0.410 e. The Hall–Kier alpha value is -2.93. The number of piperazine rings is 1. The van der Waals surface area contributed by atoms with Gasteiger partial charge in [-0.25, -0.2) is 4.79 Å². The van der Waals surface area contributed by atoms with Crippen LogP contribution in [-0.4, -0.2) is 77.1 Å². The second-order valence-corrected chi connectivity index (χ2v) is 15.4. The molecule has 4 fully saturated rings. The number of hydrogen-bond donors (Lipinski definition) is 1. The lowest BCUT2D eigenvalue weighted by atomic mass is 9.94. The van der Waals surface area contributed by atoms with Crippen LogP contribution in [0.4, 0.5) is 10.5 Å². The highest BCUT2D eigenvalue weighted by Gasteiger charge is 2.56. The van der Waals surface area contributed by atoms with Crippen LogP contribution in [0, 0.1) is 11.3 Å². The van der Waals surface area contributed by atoms with Crippen molar-refractivity contribution in [1.82, 2.24) is 15.1 Å². The Bertz CT molecular complexity index is 1400. The van der Waals surface area contributed by atoms with E-state index in [1.54, 1.807) is 16.7 Å². The molecule has 0 bridgehead atoms. The predicted molar refractivity (Wildman–Crippen MR) is 175 cm³/mol. The summed E-state index contributed by atoms with van der Waals surface area (Å²) in [5, 5.41) is 12.9. The summed E-state index contributed by atoms with van der Waals surface area (Å²) in [6.45, 7) is 11.5. The Labute approximate surface area is 270 Å². The van der Waals surface area contributed by atoms with Crippen molar-refractivity contribution in [2.75, 3.05) is 37.6 Å². The number of ether oxygens (including phenoxy) is 1. The van der Waals surface area contributed by atoms with Gasteiger partial charge in [-0.05, 0) is 81.8 Å². The van der Waals surface area contributed by atoms with Gasteiger partial charge in [0.05, 0.1) is 11.5 Å². The zero-order valence-electron chi connectivity index (χ0n) is 25.9. The molecular formula is C34H42ClN5O3S. The van der Waals surface area contributed by atoms with Crippen molar-refractivity contribution < 1.29 is 14.3 Å². The maximum absolute atomic E-state index is 14.1. The molecule has 1 N–H and O–H groups in total. The van der Waals surface area contributed by atoms with E-state index >= 15 is 0 Å². The Morgan fingerprint density at radius 2 is 1.68 bits per heavy atom. The number of carbonyl (C=O) groups excluding carboxylic acids is 2. The SMILES string of the molecule is CC(C)(C)N1CCN(c2ccc(CS[C@@H]3C[C@H](OC(=O)NC4(C#N)CC4)N(C(=O)C4(c5ccc(Cl)cc5)CC4)C3)cc2)CC1. The minimum atomic E-state index is -0.827. The fourth-order valence-corrected chi connectivity index (χ4v) is 7.71. The monoisotopic (exact) mass is 635 g/mol. The first kappa shape index (κ1) is 31.1. The molecule has 10 heteroatoms. The van der Waals surface area contributed by atoms with Crippen LogP contribution in [0.5, 0.6) is 0 Å². The maximum Gasteiger partial charge on any atom is 0.410 e. The summed E-state index contributed by atoms with van der Waals surface area (Å²) in [7, 11) is 0. The first-order valence-corrected chi connectivity index (χ1v) is 17.1. The van der Waals surface area contributed by atoms with Gasteiger partial charge in [0.1, 0.15) is 5.54 Å². The molecule has 2 aliphatic heterocycles. The van der Waals surface area contributed by atoms with Crippen LogP contribution in [0.15, 0.2) is 48.5 Å². The standard InChI is InChI=1S/C34H42ClN5O3S/c1-32(2,3)39-18-16-38(17-19-39)27-10-4-24(5-11-27)22-44-28-20-29(43-31(42)37-33(23-36)12-13-33)40(21-28)30(41)34(14-15-34)25-6-8-26(35)9-7-25/h4-11,28-29H,12-22H2,1-3H3,(H,37,42)/t28-,29+/m1/s1. The zero-order valence-corrected chi connectivity index (χ0v) is 27.4. The predicted octanol–water partition coefficient (Wildman–Crippen LogP) is 5.93. The molecule has 2 aliphatic carbocycles. The molecule has 0 aromatic heterocycles.